The van der Waals surface area contributed by atoms with Crippen LogP contribution >= 0.6 is 0 Å². The molecule has 138 valence electrons. The minimum Gasteiger partial charge on any atom is -0.465 e. The fourth-order valence-electron chi connectivity index (χ4n) is 3.44. The van der Waals surface area contributed by atoms with Crippen LogP contribution in [0.3, 0.4) is 0 Å². The lowest BCUT2D eigenvalue weighted by atomic mass is 9.88. The molecular formula is C20H29NO4. The third kappa shape index (κ3) is 6.16. The Balaban J connectivity index is 1.95. The Morgan fingerprint density at radius 3 is 2.36 bits per heavy atom. The Morgan fingerprint density at radius 1 is 1.12 bits per heavy atom. The molecule has 1 aliphatic rings. The highest BCUT2D eigenvalue weighted by molar-refractivity contribution is 5.94. The molecule has 0 spiro atoms. The van der Waals surface area contributed by atoms with Crippen LogP contribution in [0.15, 0.2) is 30.3 Å². The number of ether oxygens (including phenoxy) is 2. The van der Waals surface area contributed by atoms with Crippen LogP contribution in [0.1, 0.15) is 38.7 Å². The van der Waals surface area contributed by atoms with E-state index in [2.05, 4.69) is 17.0 Å². The van der Waals surface area contributed by atoms with E-state index in [1.165, 1.54) is 5.56 Å². The molecule has 2 rings (SSSR count). The Morgan fingerprint density at radius 2 is 1.76 bits per heavy atom. The Bertz CT molecular complexity index is 528. The molecule has 0 N–H and O–H groups in total. The van der Waals surface area contributed by atoms with Crippen LogP contribution in [0.5, 0.6) is 0 Å². The van der Waals surface area contributed by atoms with Crippen LogP contribution in [0.25, 0.3) is 0 Å². The molecule has 0 aliphatic carbocycles. The third-order valence-corrected chi connectivity index (χ3v) is 4.56. The maximum absolute atomic E-state index is 12.2. The predicted molar refractivity (Wildman–Crippen MR) is 95.8 cm³/mol. The molecule has 1 heterocycles. The Kier molecular flexibility index (Phi) is 7.92. The van der Waals surface area contributed by atoms with Gasteiger partial charge in [0.2, 0.25) is 0 Å². The smallest absolute Gasteiger partial charge is 0.320 e. The van der Waals surface area contributed by atoms with E-state index in [4.69, 9.17) is 9.47 Å². The standard InChI is InChI=1S/C20H29NO4/c1-3-24-19(22)18(20(23)25-4-2)13-17-11-8-12-21(15-17)14-16-9-6-5-7-10-16/h5-7,9-10,17-18H,3-4,8,11-15H2,1-2H3/t17-/m1/s1. The monoisotopic (exact) mass is 347 g/mol. The van der Waals surface area contributed by atoms with Crippen molar-refractivity contribution in [2.24, 2.45) is 11.8 Å². The zero-order valence-corrected chi connectivity index (χ0v) is 15.3. The summed E-state index contributed by atoms with van der Waals surface area (Å²) < 4.78 is 10.2. The normalized spacial score (nSPS) is 18.1. The van der Waals surface area contributed by atoms with Crippen molar-refractivity contribution in [3.8, 4) is 0 Å². The summed E-state index contributed by atoms with van der Waals surface area (Å²) in [6.07, 6.45) is 2.61. The number of esters is 2. The molecule has 0 radical (unpaired) electrons. The second-order valence-electron chi connectivity index (χ2n) is 6.52. The maximum Gasteiger partial charge on any atom is 0.320 e. The number of nitrogens with zero attached hydrogens (tertiary/aromatic N) is 1. The molecule has 5 heteroatoms. The second-order valence-corrected chi connectivity index (χ2v) is 6.52. The zero-order valence-electron chi connectivity index (χ0n) is 15.3. The minimum atomic E-state index is -0.804. The zero-order chi connectivity index (χ0) is 18.1. The van der Waals surface area contributed by atoms with Gasteiger partial charge in [-0.25, -0.2) is 0 Å². The van der Waals surface area contributed by atoms with Gasteiger partial charge in [-0.15, -0.1) is 0 Å². The summed E-state index contributed by atoms with van der Waals surface area (Å²) in [5.41, 5.74) is 1.29. The molecule has 1 fully saturated rings. The molecule has 1 aromatic rings. The number of hydrogen-bond acceptors (Lipinski definition) is 5. The van der Waals surface area contributed by atoms with Crippen molar-refractivity contribution in [1.82, 2.24) is 4.90 Å². The van der Waals surface area contributed by atoms with E-state index in [1.54, 1.807) is 13.8 Å². The lowest BCUT2D eigenvalue weighted by Crippen LogP contribution is -2.38. The van der Waals surface area contributed by atoms with Crippen molar-refractivity contribution in [2.45, 2.75) is 39.7 Å². The van der Waals surface area contributed by atoms with Crippen molar-refractivity contribution in [3.05, 3.63) is 35.9 Å². The number of benzene rings is 1. The van der Waals surface area contributed by atoms with E-state index in [9.17, 15) is 9.59 Å². The third-order valence-electron chi connectivity index (χ3n) is 4.56. The van der Waals surface area contributed by atoms with Crippen LogP contribution in [0.4, 0.5) is 0 Å². The van der Waals surface area contributed by atoms with Crippen molar-refractivity contribution in [2.75, 3.05) is 26.3 Å². The van der Waals surface area contributed by atoms with E-state index in [0.717, 1.165) is 32.5 Å². The van der Waals surface area contributed by atoms with Crippen molar-refractivity contribution >= 4 is 11.9 Å². The number of carbonyl (C=O) groups is 2. The van der Waals surface area contributed by atoms with Gasteiger partial charge in [-0.05, 0) is 51.1 Å². The van der Waals surface area contributed by atoms with Gasteiger partial charge in [0.25, 0.3) is 0 Å². The summed E-state index contributed by atoms with van der Waals surface area (Å²) in [5, 5.41) is 0. The molecule has 1 saturated heterocycles. The van der Waals surface area contributed by atoms with Crippen LogP contribution in [-0.4, -0.2) is 43.1 Å². The minimum absolute atomic E-state index is 0.277. The van der Waals surface area contributed by atoms with Gasteiger partial charge in [-0.1, -0.05) is 30.3 Å². The molecule has 1 aromatic carbocycles. The molecule has 5 nitrogen and oxygen atoms in total. The highest BCUT2D eigenvalue weighted by atomic mass is 16.6. The van der Waals surface area contributed by atoms with Gasteiger partial charge in [0, 0.05) is 13.1 Å². The van der Waals surface area contributed by atoms with Gasteiger partial charge in [0.1, 0.15) is 0 Å². The predicted octanol–water partition coefficient (Wildman–Crippen LogP) is 3.03. The fraction of sp³-hybridized carbons (Fsp3) is 0.600. The molecule has 0 unspecified atom stereocenters. The average molecular weight is 347 g/mol. The second kappa shape index (κ2) is 10.2. The highest BCUT2D eigenvalue weighted by Gasteiger charge is 2.33. The van der Waals surface area contributed by atoms with E-state index in [1.807, 2.05) is 18.2 Å². The number of piperidine rings is 1. The Hall–Kier alpha value is -1.88. The molecule has 0 bridgehead atoms. The SMILES string of the molecule is CCOC(=O)C(C[C@H]1CCCN(Cc2ccccc2)C1)C(=O)OCC. The van der Waals surface area contributed by atoms with Crippen molar-refractivity contribution in [1.29, 1.82) is 0 Å². The molecule has 1 atom stereocenters. The number of likely N-dealkylation sites (tertiary alicyclic amines) is 1. The summed E-state index contributed by atoms with van der Waals surface area (Å²) in [7, 11) is 0. The summed E-state index contributed by atoms with van der Waals surface area (Å²) in [4.78, 5) is 26.7. The first kappa shape index (κ1) is 19.4. The van der Waals surface area contributed by atoms with E-state index < -0.39 is 17.9 Å². The van der Waals surface area contributed by atoms with E-state index >= 15 is 0 Å². The number of carbonyl (C=O) groups excluding carboxylic acids is 2. The van der Waals surface area contributed by atoms with Crippen molar-refractivity contribution in [3.63, 3.8) is 0 Å². The molecule has 25 heavy (non-hydrogen) atoms. The van der Waals surface area contributed by atoms with Gasteiger partial charge in [0.05, 0.1) is 13.2 Å². The average Bonchev–Trinajstić information content (AvgIpc) is 2.61. The summed E-state index contributed by atoms with van der Waals surface area (Å²) in [6.45, 7) is 6.91. The highest BCUT2D eigenvalue weighted by Crippen LogP contribution is 2.26. The topological polar surface area (TPSA) is 55.8 Å². The first-order chi connectivity index (χ1) is 12.1. The molecular weight excluding hydrogens is 318 g/mol. The van der Waals surface area contributed by atoms with Gasteiger partial charge in [-0.2, -0.15) is 0 Å². The fourth-order valence-corrected chi connectivity index (χ4v) is 3.44. The van der Waals surface area contributed by atoms with Gasteiger partial charge in [0.15, 0.2) is 5.92 Å². The van der Waals surface area contributed by atoms with Crippen LogP contribution in [0.2, 0.25) is 0 Å². The van der Waals surface area contributed by atoms with Crippen LogP contribution < -0.4 is 0 Å². The summed E-state index contributed by atoms with van der Waals surface area (Å²) >= 11 is 0. The lowest BCUT2D eigenvalue weighted by molar-refractivity contribution is -0.162. The lowest BCUT2D eigenvalue weighted by Gasteiger charge is -2.33. The molecule has 0 saturated carbocycles. The van der Waals surface area contributed by atoms with Gasteiger partial charge < -0.3 is 9.47 Å². The quantitative estimate of drug-likeness (QED) is 0.534. The van der Waals surface area contributed by atoms with Gasteiger partial charge >= 0.3 is 11.9 Å². The van der Waals surface area contributed by atoms with Crippen LogP contribution in [-0.2, 0) is 25.6 Å². The van der Waals surface area contributed by atoms with Gasteiger partial charge in [-0.3, -0.25) is 14.5 Å². The van der Waals surface area contributed by atoms with E-state index in [-0.39, 0.29) is 13.2 Å². The number of rotatable bonds is 8. The van der Waals surface area contributed by atoms with E-state index in [0.29, 0.717) is 12.3 Å². The van der Waals surface area contributed by atoms with Crippen LogP contribution in [0, 0.1) is 11.8 Å². The van der Waals surface area contributed by atoms with Crippen molar-refractivity contribution < 1.29 is 19.1 Å². The summed E-state index contributed by atoms with van der Waals surface area (Å²) in [6, 6.07) is 10.4. The number of hydrogen-bond donors (Lipinski definition) is 0. The molecule has 0 amide bonds. The summed E-state index contributed by atoms with van der Waals surface area (Å²) in [5.74, 6) is -1.42. The first-order valence-electron chi connectivity index (χ1n) is 9.23. The molecule has 1 aliphatic heterocycles. The Labute approximate surface area is 150 Å². The first-order valence-corrected chi connectivity index (χ1v) is 9.23. The maximum atomic E-state index is 12.2. The molecule has 0 aromatic heterocycles. The largest absolute Gasteiger partial charge is 0.465 e.